The first-order valence-corrected chi connectivity index (χ1v) is 8.56. The predicted octanol–water partition coefficient (Wildman–Crippen LogP) is 3.45. The van der Waals surface area contributed by atoms with Crippen LogP contribution in [-0.2, 0) is 4.74 Å². The summed E-state index contributed by atoms with van der Waals surface area (Å²) in [5.41, 5.74) is 1.22. The number of likely N-dealkylation sites (tertiary alicyclic amines) is 1. The number of aromatic nitrogens is 1. The Labute approximate surface area is 136 Å². The largest absolute Gasteiger partial charge is 0.377 e. The molecule has 2 rings (SSSR count). The number of aryl methyl sites for hydroxylation is 1. The monoisotopic (exact) mass is 355 g/mol. The minimum Gasteiger partial charge on any atom is -0.377 e. The highest BCUT2D eigenvalue weighted by Gasteiger charge is 2.19. The van der Waals surface area contributed by atoms with Crippen molar-refractivity contribution in [3.63, 3.8) is 0 Å². The fourth-order valence-electron chi connectivity index (χ4n) is 2.55. The molecule has 1 N–H and O–H groups in total. The molecule has 1 aromatic rings. The van der Waals surface area contributed by atoms with E-state index in [9.17, 15) is 0 Å². The van der Waals surface area contributed by atoms with Crippen molar-refractivity contribution in [1.82, 2.24) is 9.88 Å². The molecule has 5 heteroatoms. The lowest BCUT2D eigenvalue weighted by Crippen LogP contribution is -2.40. The summed E-state index contributed by atoms with van der Waals surface area (Å²) in [4.78, 5) is 6.92. The number of nitrogens with zero attached hydrogens (tertiary/aromatic N) is 2. The van der Waals surface area contributed by atoms with E-state index in [0.29, 0.717) is 12.1 Å². The van der Waals surface area contributed by atoms with Crippen molar-refractivity contribution in [3.8, 4) is 0 Å². The smallest absolute Gasteiger partial charge is 0.126 e. The molecule has 0 unspecified atom stereocenters. The molecule has 1 aromatic heterocycles. The highest BCUT2D eigenvalue weighted by Crippen LogP contribution is 2.20. The molecule has 1 aliphatic heterocycles. The maximum absolute atomic E-state index is 5.62. The Morgan fingerprint density at radius 3 is 2.76 bits per heavy atom. The molecule has 4 nitrogen and oxygen atoms in total. The van der Waals surface area contributed by atoms with Crippen LogP contribution in [0.2, 0.25) is 0 Å². The molecule has 1 fully saturated rings. The zero-order chi connectivity index (χ0) is 15.2. The van der Waals surface area contributed by atoms with Gasteiger partial charge in [-0.3, -0.25) is 0 Å². The number of nitrogens with one attached hydrogen (secondary N) is 1. The van der Waals surface area contributed by atoms with Crippen LogP contribution < -0.4 is 5.32 Å². The molecular weight excluding hydrogens is 330 g/mol. The van der Waals surface area contributed by atoms with E-state index in [4.69, 9.17) is 4.74 Å². The molecule has 0 spiro atoms. The van der Waals surface area contributed by atoms with Gasteiger partial charge in [-0.15, -0.1) is 0 Å². The van der Waals surface area contributed by atoms with Gasteiger partial charge in [0, 0.05) is 36.3 Å². The normalized spacial score (nSPS) is 17.4. The van der Waals surface area contributed by atoms with E-state index in [0.717, 1.165) is 36.5 Å². The molecule has 0 saturated carbocycles. The van der Waals surface area contributed by atoms with Crippen LogP contribution in [-0.4, -0.2) is 48.3 Å². The molecule has 0 bridgehead atoms. The fourth-order valence-corrected chi connectivity index (χ4v) is 2.76. The molecular formula is C16H26BrN3O. The van der Waals surface area contributed by atoms with Gasteiger partial charge in [-0.05, 0) is 61.2 Å². The lowest BCUT2D eigenvalue weighted by Gasteiger charge is -2.32. The van der Waals surface area contributed by atoms with Crippen molar-refractivity contribution in [1.29, 1.82) is 0 Å². The zero-order valence-corrected chi connectivity index (χ0v) is 14.8. The Bertz CT molecular complexity index is 445. The number of ether oxygens (including phenoxy) is 1. The Balaban J connectivity index is 1.72. The minimum absolute atomic E-state index is 0.330. The Hall–Kier alpha value is -0.650. The first kappa shape index (κ1) is 16.7. The fraction of sp³-hybridized carbons (Fsp3) is 0.688. The van der Waals surface area contributed by atoms with Crippen molar-refractivity contribution in [2.24, 2.45) is 0 Å². The van der Waals surface area contributed by atoms with Gasteiger partial charge in [0.05, 0.1) is 12.7 Å². The summed E-state index contributed by atoms with van der Waals surface area (Å²) in [6.07, 6.45) is 4.53. The highest BCUT2D eigenvalue weighted by molar-refractivity contribution is 9.10. The maximum atomic E-state index is 5.62. The van der Waals surface area contributed by atoms with Crippen LogP contribution in [0.25, 0.3) is 0 Å². The van der Waals surface area contributed by atoms with E-state index >= 15 is 0 Å². The molecule has 0 aliphatic carbocycles. The van der Waals surface area contributed by atoms with Crippen molar-refractivity contribution in [3.05, 3.63) is 22.3 Å². The van der Waals surface area contributed by atoms with Crippen LogP contribution in [0.5, 0.6) is 0 Å². The van der Waals surface area contributed by atoms with Crippen LogP contribution in [0.3, 0.4) is 0 Å². The van der Waals surface area contributed by atoms with Gasteiger partial charge in [-0.1, -0.05) is 0 Å². The van der Waals surface area contributed by atoms with Crippen LogP contribution in [0, 0.1) is 6.92 Å². The third-order valence-electron chi connectivity index (χ3n) is 3.85. The van der Waals surface area contributed by atoms with E-state index < -0.39 is 0 Å². The molecule has 2 heterocycles. The quantitative estimate of drug-likeness (QED) is 0.847. The standard InChI is InChI=1S/C16H26BrN3O/c1-12(2)21-9-8-20-6-4-14(5-7-20)19-16-10-13(3)15(17)11-18-16/h10-12,14H,4-9H2,1-3H3,(H,18,19). The summed E-state index contributed by atoms with van der Waals surface area (Å²) in [6.45, 7) is 10.4. The van der Waals surface area contributed by atoms with Crippen molar-refractivity contribution in [2.75, 3.05) is 31.6 Å². The number of pyridine rings is 1. The van der Waals surface area contributed by atoms with Gasteiger partial charge in [0.2, 0.25) is 0 Å². The summed E-state index contributed by atoms with van der Waals surface area (Å²) in [5.74, 6) is 0.984. The lowest BCUT2D eigenvalue weighted by molar-refractivity contribution is 0.0543. The van der Waals surface area contributed by atoms with Gasteiger partial charge in [0.25, 0.3) is 0 Å². The van der Waals surface area contributed by atoms with Crippen molar-refractivity contribution in [2.45, 2.75) is 45.8 Å². The second-order valence-corrected chi connectivity index (χ2v) is 6.85. The van der Waals surface area contributed by atoms with Crippen LogP contribution in [0.15, 0.2) is 16.7 Å². The number of rotatable bonds is 6. The third-order valence-corrected chi connectivity index (χ3v) is 4.68. The van der Waals surface area contributed by atoms with E-state index in [2.05, 4.69) is 58.0 Å². The molecule has 1 saturated heterocycles. The number of hydrogen-bond acceptors (Lipinski definition) is 4. The summed E-state index contributed by atoms with van der Waals surface area (Å²) in [6, 6.07) is 2.63. The van der Waals surface area contributed by atoms with E-state index in [-0.39, 0.29) is 0 Å². The maximum Gasteiger partial charge on any atom is 0.126 e. The molecule has 118 valence electrons. The summed E-state index contributed by atoms with van der Waals surface area (Å²) in [5, 5.41) is 3.55. The number of piperidine rings is 1. The average Bonchev–Trinajstić information content (AvgIpc) is 2.44. The summed E-state index contributed by atoms with van der Waals surface area (Å²) < 4.78 is 6.68. The van der Waals surface area contributed by atoms with Gasteiger partial charge in [-0.25, -0.2) is 4.98 Å². The number of anilines is 1. The molecule has 21 heavy (non-hydrogen) atoms. The lowest BCUT2D eigenvalue weighted by atomic mass is 10.1. The Morgan fingerprint density at radius 1 is 1.43 bits per heavy atom. The topological polar surface area (TPSA) is 37.4 Å². The van der Waals surface area contributed by atoms with Gasteiger partial charge in [0.15, 0.2) is 0 Å². The minimum atomic E-state index is 0.330. The summed E-state index contributed by atoms with van der Waals surface area (Å²) in [7, 11) is 0. The third kappa shape index (κ3) is 5.57. The SMILES string of the molecule is Cc1cc(NC2CCN(CCOC(C)C)CC2)ncc1Br. The second kappa shape index (κ2) is 8.11. The number of halogens is 1. The van der Waals surface area contributed by atoms with Gasteiger partial charge in [-0.2, -0.15) is 0 Å². The Kier molecular flexibility index (Phi) is 6.45. The summed E-state index contributed by atoms with van der Waals surface area (Å²) >= 11 is 3.49. The van der Waals surface area contributed by atoms with E-state index in [1.165, 1.54) is 18.4 Å². The molecule has 0 atom stereocenters. The first-order chi connectivity index (χ1) is 10.0. The first-order valence-electron chi connectivity index (χ1n) is 7.77. The molecule has 0 radical (unpaired) electrons. The Morgan fingerprint density at radius 2 is 2.14 bits per heavy atom. The van der Waals surface area contributed by atoms with Crippen LogP contribution in [0.4, 0.5) is 5.82 Å². The van der Waals surface area contributed by atoms with Gasteiger partial charge >= 0.3 is 0 Å². The van der Waals surface area contributed by atoms with Crippen LogP contribution in [0.1, 0.15) is 32.3 Å². The van der Waals surface area contributed by atoms with E-state index in [1.54, 1.807) is 0 Å². The average molecular weight is 356 g/mol. The van der Waals surface area contributed by atoms with E-state index in [1.807, 2.05) is 6.20 Å². The molecule has 1 aliphatic rings. The predicted molar refractivity (Wildman–Crippen MR) is 90.8 cm³/mol. The van der Waals surface area contributed by atoms with Crippen molar-refractivity contribution < 1.29 is 4.74 Å². The number of hydrogen-bond donors (Lipinski definition) is 1. The van der Waals surface area contributed by atoms with Crippen molar-refractivity contribution >= 4 is 21.7 Å². The highest BCUT2D eigenvalue weighted by atomic mass is 79.9. The van der Waals surface area contributed by atoms with Crippen LogP contribution >= 0.6 is 15.9 Å². The van der Waals surface area contributed by atoms with Gasteiger partial charge < -0.3 is 15.0 Å². The molecule has 0 aromatic carbocycles. The second-order valence-electron chi connectivity index (χ2n) is 6.00. The molecule has 0 amide bonds. The van der Waals surface area contributed by atoms with Gasteiger partial charge in [0.1, 0.15) is 5.82 Å². The zero-order valence-electron chi connectivity index (χ0n) is 13.2.